The number of hydrogen-bond acceptors (Lipinski definition) is 6. The molecule has 25 heavy (non-hydrogen) atoms. The number of carbonyl (C=O) groups excluding carboxylic acids is 2. The summed E-state index contributed by atoms with van der Waals surface area (Å²) in [4.78, 5) is 34.8. The second-order valence-electron chi connectivity index (χ2n) is 5.01. The van der Waals surface area contributed by atoms with Crippen LogP contribution in [0.1, 0.15) is 27.6 Å². The molecule has 1 amide bonds. The van der Waals surface area contributed by atoms with E-state index in [1.165, 1.54) is 31.4 Å². The van der Waals surface area contributed by atoms with Gasteiger partial charge in [0.05, 0.1) is 23.3 Å². The Morgan fingerprint density at radius 3 is 2.52 bits per heavy atom. The van der Waals surface area contributed by atoms with Crippen molar-refractivity contribution in [3.8, 4) is 0 Å². The quantitative estimate of drug-likeness (QED) is 0.474. The number of esters is 1. The summed E-state index contributed by atoms with van der Waals surface area (Å²) in [5.41, 5.74) is 0.692. The molecule has 130 valence electrons. The summed E-state index contributed by atoms with van der Waals surface area (Å²) in [7, 11) is 1.24. The number of methoxy groups -OCH3 is 1. The minimum atomic E-state index is -0.593. The summed E-state index contributed by atoms with van der Waals surface area (Å²) in [5.74, 6) is -1.16. The van der Waals surface area contributed by atoms with E-state index in [4.69, 9.17) is 0 Å². The Morgan fingerprint density at radius 2 is 1.88 bits per heavy atom. The van der Waals surface area contributed by atoms with E-state index in [-0.39, 0.29) is 22.5 Å². The van der Waals surface area contributed by atoms with Crippen molar-refractivity contribution in [2.75, 3.05) is 24.3 Å². The number of carbonyl (C=O) groups is 2. The van der Waals surface area contributed by atoms with Crippen LogP contribution in [0.3, 0.4) is 0 Å². The molecule has 0 spiro atoms. The Hall–Kier alpha value is -3.42. The summed E-state index contributed by atoms with van der Waals surface area (Å²) in [5, 5.41) is 16.6. The van der Waals surface area contributed by atoms with Crippen molar-refractivity contribution in [1.29, 1.82) is 0 Å². The zero-order valence-corrected chi connectivity index (χ0v) is 13.7. The maximum atomic E-state index is 12.4. The first-order valence-corrected chi connectivity index (χ1v) is 7.49. The number of nitro groups is 1. The van der Waals surface area contributed by atoms with E-state index in [0.717, 1.165) is 0 Å². The molecule has 2 N–H and O–H groups in total. The smallest absolute Gasteiger partial charge is 0.339 e. The van der Waals surface area contributed by atoms with Crippen molar-refractivity contribution in [2.24, 2.45) is 0 Å². The van der Waals surface area contributed by atoms with Crippen LogP contribution in [0, 0.1) is 10.1 Å². The van der Waals surface area contributed by atoms with Crippen LogP contribution in [-0.2, 0) is 4.74 Å². The largest absolute Gasteiger partial charge is 0.465 e. The molecule has 0 aromatic heterocycles. The number of nitro benzene ring substituents is 1. The molecule has 0 aliphatic heterocycles. The lowest BCUT2D eigenvalue weighted by molar-refractivity contribution is -0.384. The molecule has 0 saturated carbocycles. The second kappa shape index (κ2) is 7.91. The van der Waals surface area contributed by atoms with Crippen LogP contribution >= 0.6 is 0 Å². The van der Waals surface area contributed by atoms with Gasteiger partial charge >= 0.3 is 5.97 Å². The Labute approximate surface area is 144 Å². The minimum Gasteiger partial charge on any atom is -0.465 e. The molecule has 0 atom stereocenters. The van der Waals surface area contributed by atoms with Gasteiger partial charge < -0.3 is 15.4 Å². The van der Waals surface area contributed by atoms with Gasteiger partial charge in [-0.15, -0.1) is 0 Å². The molecular formula is C17H17N3O5. The number of anilines is 2. The average molecular weight is 343 g/mol. The molecule has 8 nitrogen and oxygen atoms in total. The van der Waals surface area contributed by atoms with Gasteiger partial charge in [0, 0.05) is 18.2 Å². The van der Waals surface area contributed by atoms with Gasteiger partial charge in [0.1, 0.15) is 5.69 Å². The Kier molecular flexibility index (Phi) is 5.67. The van der Waals surface area contributed by atoms with E-state index in [9.17, 15) is 19.7 Å². The van der Waals surface area contributed by atoms with Crippen LogP contribution < -0.4 is 10.6 Å². The van der Waals surface area contributed by atoms with Gasteiger partial charge in [0.2, 0.25) is 0 Å². The molecular weight excluding hydrogens is 326 g/mol. The first kappa shape index (κ1) is 17.9. The van der Waals surface area contributed by atoms with Gasteiger partial charge in [-0.2, -0.15) is 0 Å². The molecule has 0 radical (unpaired) electrons. The van der Waals surface area contributed by atoms with Crippen LogP contribution in [0.4, 0.5) is 17.1 Å². The summed E-state index contributed by atoms with van der Waals surface area (Å²) >= 11 is 0. The molecule has 0 bridgehead atoms. The Morgan fingerprint density at radius 1 is 1.16 bits per heavy atom. The predicted molar refractivity (Wildman–Crippen MR) is 93.0 cm³/mol. The number of para-hydroxylation sites is 1. The van der Waals surface area contributed by atoms with Crippen LogP contribution in [0.5, 0.6) is 0 Å². The third-order valence-corrected chi connectivity index (χ3v) is 3.40. The van der Waals surface area contributed by atoms with Gasteiger partial charge in [-0.3, -0.25) is 14.9 Å². The molecule has 2 aromatic carbocycles. The van der Waals surface area contributed by atoms with E-state index >= 15 is 0 Å². The maximum absolute atomic E-state index is 12.4. The Bertz CT molecular complexity index is 820. The molecule has 0 saturated heterocycles. The molecule has 2 rings (SSSR count). The van der Waals surface area contributed by atoms with Crippen molar-refractivity contribution < 1.29 is 19.2 Å². The van der Waals surface area contributed by atoms with E-state index < -0.39 is 16.8 Å². The lowest BCUT2D eigenvalue weighted by Crippen LogP contribution is -2.16. The fraction of sp³-hybridized carbons (Fsp3) is 0.176. The lowest BCUT2D eigenvalue weighted by atomic mass is 10.1. The molecule has 0 aliphatic rings. The van der Waals surface area contributed by atoms with Gasteiger partial charge in [-0.05, 0) is 31.2 Å². The normalized spacial score (nSPS) is 10.0. The number of amides is 1. The topological polar surface area (TPSA) is 111 Å². The monoisotopic (exact) mass is 343 g/mol. The van der Waals surface area contributed by atoms with Crippen molar-refractivity contribution in [3.63, 3.8) is 0 Å². The molecule has 2 aromatic rings. The predicted octanol–water partition coefficient (Wildman–Crippen LogP) is 3.07. The van der Waals surface area contributed by atoms with Gasteiger partial charge in [-0.1, -0.05) is 12.1 Å². The minimum absolute atomic E-state index is 0.105. The highest BCUT2D eigenvalue weighted by Crippen LogP contribution is 2.26. The Balaban J connectivity index is 2.32. The number of ether oxygens (including phenoxy) is 1. The molecule has 0 aliphatic carbocycles. The zero-order chi connectivity index (χ0) is 18.4. The second-order valence-corrected chi connectivity index (χ2v) is 5.01. The van der Waals surface area contributed by atoms with Crippen molar-refractivity contribution in [3.05, 3.63) is 63.7 Å². The summed E-state index contributed by atoms with van der Waals surface area (Å²) in [6.07, 6.45) is 0. The average Bonchev–Trinajstić information content (AvgIpc) is 2.61. The first-order valence-electron chi connectivity index (χ1n) is 7.49. The lowest BCUT2D eigenvalue weighted by Gasteiger charge is -2.10. The number of benzene rings is 2. The van der Waals surface area contributed by atoms with Gasteiger partial charge in [-0.25, -0.2) is 4.79 Å². The molecule has 0 unspecified atom stereocenters. The first-order chi connectivity index (χ1) is 12.0. The highest BCUT2D eigenvalue weighted by atomic mass is 16.6. The van der Waals surface area contributed by atoms with Crippen molar-refractivity contribution in [2.45, 2.75) is 6.92 Å². The van der Waals surface area contributed by atoms with Crippen LogP contribution in [0.2, 0.25) is 0 Å². The summed E-state index contributed by atoms with van der Waals surface area (Å²) in [6.45, 7) is 2.33. The van der Waals surface area contributed by atoms with Gasteiger partial charge in [0.15, 0.2) is 0 Å². The SMILES string of the molecule is CCNc1ccc(C(=O)Nc2ccccc2C(=O)OC)cc1[N+](=O)[O-]. The van der Waals surface area contributed by atoms with E-state index in [0.29, 0.717) is 12.2 Å². The van der Waals surface area contributed by atoms with E-state index in [1.807, 2.05) is 6.92 Å². The fourth-order valence-corrected chi connectivity index (χ4v) is 2.24. The fourth-order valence-electron chi connectivity index (χ4n) is 2.24. The van der Waals surface area contributed by atoms with Gasteiger partial charge in [0.25, 0.3) is 11.6 Å². The third kappa shape index (κ3) is 4.11. The summed E-state index contributed by atoms with van der Waals surface area (Å²) < 4.78 is 4.67. The highest BCUT2D eigenvalue weighted by Gasteiger charge is 2.19. The maximum Gasteiger partial charge on any atom is 0.339 e. The summed E-state index contributed by atoms with van der Waals surface area (Å²) in [6, 6.07) is 10.5. The van der Waals surface area contributed by atoms with Crippen LogP contribution in [0.25, 0.3) is 0 Å². The standard InChI is InChI=1S/C17H17N3O5/c1-3-18-14-9-8-11(10-15(14)20(23)24)16(21)19-13-7-5-4-6-12(13)17(22)25-2/h4-10,18H,3H2,1-2H3,(H,19,21). The van der Waals surface area contributed by atoms with Crippen molar-refractivity contribution >= 4 is 28.9 Å². The number of nitrogens with one attached hydrogen (secondary N) is 2. The van der Waals surface area contributed by atoms with E-state index in [2.05, 4.69) is 15.4 Å². The van der Waals surface area contributed by atoms with E-state index in [1.54, 1.807) is 18.2 Å². The molecule has 8 heteroatoms. The number of hydrogen-bond donors (Lipinski definition) is 2. The highest BCUT2D eigenvalue weighted by molar-refractivity contribution is 6.08. The molecule has 0 fully saturated rings. The van der Waals surface area contributed by atoms with Crippen LogP contribution in [0.15, 0.2) is 42.5 Å². The third-order valence-electron chi connectivity index (χ3n) is 3.40. The molecule has 0 heterocycles. The van der Waals surface area contributed by atoms with Crippen LogP contribution in [-0.4, -0.2) is 30.5 Å². The zero-order valence-electron chi connectivity index (χ0n) is 13.7. The number of rotatable bonds is 6. The van der Waals surface area contributed by atoms with Crippen molar-refractivity contribution in [1.82, 2.24) is 0 Å². The number of nitrogens with zero attached hydrogens (tertiary/aromatic N) is 1.